The highest BCUT2D eigenvalue weighted by Crippen LogP contribution is 2.32. The topological polar surface area (TPSA) is 82.9 Å². The van der Waals surface area contributed by atoms with Crippen molar-refractivity contribution in [3.8, 4) is 6.07 Å². The highest BCUT2D eigenvalue weighted by atomic mass is 32.2. The van der Waals surface area contributed by atoms with Crippen molar-refractivity contribution in [2.45, 2.75) is 51.4 Å². The first-order valence-electron chi connectivity index (χ1n) is 8.25. The molecular weight excluding hydrogens is 318 g/mol. The van der Waals surface area contributed by atoms with Crippen molar-refractivity contribution in [1.82, 2.24) is 8.61 Å². The van der Waals surface area contributed by atoms with Crippen LogP contribution in [0, 0.1) is 17.2 Å². The molecular formula is C15H27N3O4S. The third-order valence-electron chi connectivity index (χ3n) is 4.73. The van der Waals surface area contributed by atoms with E-state index in [-0.39, 0.29) is 30.7 Å². The Bertz CT molecular complexity index is 533. The summed E-state index contributed by atoms with van der Waals surface area (Å²) < 4.78 is 40.3. The van der Waals surface area contributed by atoms with Crippen molar-refractivity contribution < 1.29 is 17.9 Å². The lowest BCUT2D eigenvalue weighted by Gasteiger charge is -2.45. The Morgan fingerprint density at radius 2 is 2.22 bits per heavy atom. The van der Waals surface area contributed by atoms with Crippen LogP contribution in [0.1, 0.15) is 33.1 Å². The van der Waals surface area contributed by atoms with E-state index in [9.17, 15) is 8.42 Å². The minimum atomic E-state index is -3.60. The lowest BCUT2D eigenvalue weighted by atomic mass is 9.89. The van der Waals surface area contributed by atoms with Crippen LogP contribution in [0.5, 0.6) is 0 Å². The molecule has 2 aliphatic rings. The molecule has 0 aromatic rings. The molecule has 8 heteroatoms. The Morgan fingerprint density at radius 1 is 1.48 bits per heavy atom. The number of nitriles is 1. The summed E-state index contributed by atoms with van der Waals surface area (Å²) in [5.74, 6) is -0.334. The molecule has 0 aromatic carbocycles. The predicted molar refractivity (Wildman–Crippen MR) is 85.8 cm³/mol. The zero-order chi connectivity index (χ0) is 17.0. The molecule has 1 aliphatic carbocycles. The molecule has 2 rings (SSSR count). The summed E-state index contributed by atoms with van der Waals surface area (Å²) in [5.41, 5.74) is 0. The molecule has 1 saturated carbocycles. The summed E-state index contributed by atoms with van der Waals surface area (Å²) in [5, 5.41) is 8.99. The fraction of sp³-hybridized carbons (Fsp3) is 0.933. The maximum atomic E-state index is 13.1. The average molecular weight is 345 g/mol. The lowest BCUT2D eigenvalue weighted by Crippen LogP contribution is -2.60. The van der Waals surface area contributed by atoms with Crippen LogP contribution in [0.25, 0.3) is 0 Å². The van der Waals surface area contributed by atoms with Gasteiger partial charge in [-0.3, -0.25) is 0 Å². The van der Waals surface area contributed by atoms with E-state index < -0.39 is 10.2 Å². The van der Waals surface area contributed by atoms with E-state index in [1.807, 2.05) is 0 Å². The van der Waals surface area contributed by atoms with Crippen LogP contribution < -0.4 is 0 Å². The summed E-state index contributed by atoms with van der Waals surface area (Å²) in [6.45, 7) is 4.90. The van der Waals surface area contributed by atoms with Crippen molar-refractivity contribution >= 4 is 10.2 Å². The van der Waals surface area contributed by atoms with E-state index >= 15 is 0 Å². The van der Waals surface area contributed by atoms with Crippen LogP contribution in [-0.2, 0) is 19.7 Å². The number of hydrogen-bond acceptors (Lipinski definition) is 5. The smallest absolute Gasteiger partial charge is 0.282 e. The summed E-state index contributed by atoms with van der Waals surface area (Å²) in [6.07, 6.45) is 2.39. The van der Waals surface area contributed by atoms with E-state index in [4.69, 9.17) is 14.7 Å². The fourth-order valence-electron chi connectivity index (χ4n) is 3.42. The minimum Gasteiger partial charge on any atom is -0.381 e. The standard InChI is InChI=1S/C15H27N3O4S/c1-4-17(11-12(2)10-16)23(19,20)18-7-8-22-15-6-5-13(21-3)9-14(15)18/h12-15H,4-9,11H2,1-3H3/t12-,13-,14-,15-/m1/s1. The van der Waals surface area contributed by atoms with E-state index in [0.29, 0.717) is 26.1 Å². The minimum absolute atomic E-state index is 0.0583. The van der Waals surface area contributed by atoms with Gasteiger partial charge in [0.25, 0.3) is 10.2 Å². The summed E-state index contributed by atoms with van der Waals surface area (Å²) in [7, 11) is -1.93. The van der Waals surface area contributed by atoms with Gasteiger partial charge in [-0.05, 0) is 26.2 Å². The van der Waals surface area contributed by atoms with E-state index in [0.717, 1.165) is 12.8 Å². The number of rotatable bonds is 6. The van der Waals surface area contributed by atoms with E-state index in [1.54, 1.807) is 25.3 Å². The van der Waals surface area contributed by atoms with Gasteiger partial charge >= 0.3 is 0 Å². The molecule has 1 aliphatic heterocycles. The van der Waals surface area contributed by atoms with Crippen molar-refractivity contribution in [2.75, 3.05) is 33.4 Å². The zero-order valence-electron chi connectivity index (χ0n) is 14.1. The quantitative estimate of drug-likeness (QED) is 0.717. The second-order valence-electron chi connectivity index (χ2n) is 6.25. The molecule has 0 N–H and O–H groups in total. The van der Waals surface area contributed by atoms with Crippen LogP contribution >= 0.6 is 0 Å². The highest BCUT2D eigenvalue weighted by Gasteiger charge is 2.44. The van der Waals surface area contributed by atoms with Crippen LogP contribution in [0.3, 0.4) is 0 Å². The second kappa shape index (κ2) is 7.90. The van der Waals surface area contributed by atoms with Crippen LogP contribution in [0.4, 0.5) is 0 Å². The van der Waals surface area contributed by atoms with Gasteiger partial charge in [0.2, 0.25) is 0 Å². The molecule has 0 bridgehead atoms. The Morgan fingerprint density at radius 3 is 2.83 bits per heavy atom. The number of methoxy groups -OCH3 is 1. The highest BCUT2D eigenvalue weighted by molar-refractivity contribution is 7.86. The van der Waals surface area contributed by atoms with Crippen molar-refractivity contribution in [2.24, 2.45) is 5.92 Å². The first-order chi connectivity index (χ1) is 10.9. The van der Waals surface area contributed by atoms with Gasteiger partial charge < -0.3 is 9.47 Å². The SMILES string of the molecule is CCN(C[C@H](C)C#N)S(=O)(=O)N1CCO[C@@H]2CC[C@@H](OC)C[C@H]21. The number of fused-ring (bicyclic) bond motifs is 1. The third-order valence-corrected chi connectivity index (χ3v) is 6.83. The zero-order valence-corrected chi connectivity index (χ0v) is 15.0. The average Bonchev–Trinajstić information content (AvgIpc) is 2.57. The van der Waals surface area contributed by atoms with Crippen LogP contribution in [0.2, 0.25) is 0 Å². The number of nitrogens with zero attached hydrogens (tertiary/aromatic N) is 3. The molecule has 23 heavy (non-hydrogen) atoms. The summed E-state index contributed by atoms with van der Waals surface area (Å²) in [6, 6.07) is 1.93. The molecule has 0 spiro atoms. The molecule has 0 amide bonds. The Balaban J connectivity index is 2.20. The van der Waals surface area contributed by atoms with Gasteiger partial charge in [-0.15, -0.1) is 0 Å². The summed E-state index contributed by atoms with van der Waals surface area (Å²) in [4.78, 5) is 0. The molecule has 0 aromatic heterocycles. The molecule has 1 heterocycles. The monoisotopic (exact) mass is 345 g/mol. The largest absolute Gasteiger partial charge is 0.381 e. The van der Waals surface area contributed by atoms with Gasteiger partial charge in [0.1, 0.15) is 0 Å². The Labute approximate surface area is 139 Å². The molecule has 0 radical (unpaired) electrons. The first kappa shape index (κ1) is 18.6. The normalized spacial score (nSPS) is 30.7. The second-order valence-corrected chi connectivity index (χ2v) is 8.13. The Kier molecular flexibility index (Phi) is 6.40. The molecule has 132 valence electrons. The first-order valence-corrected chi connectivity index (χ1v) is 9.64. The molecule has 4 atom stereocenters. The predicted octanol–water partition coefficient (Wildman–Crippen LogP) is 0.981. The van der Waals surface area contributed by atoms with E-state index in [1.165, 1.54) is 4.31 Å². The van der Waals surface area contributed by atoms with Gasteiger partial charge in [0.15, 0.2) is 0 Å². The van der Waals surface area contributed by atoms with Crippen LogP contribution in [0.15, 0.2) is 0 Å². The fourth-order valence-corrected chi connectivity index (χ4v) is 5.32. The number of morpholine rings is 1. The number of ether oxygens (including phenoxy) is 2. The van der Waals surface area contributed by atoms with Gasteiger partial charge in [0, 0.05) is 26.7 Å². The lowest BCUT2D eigenvalue weighted by molar-refractivity contribution is -0.0896. The van der Waals surface area contributed by atoms with Crippen molar-refractivity contribution in [3.63, 3.8) is 0 Å². The Hall–Kier alpha value is -0.720. The number of hydrogen-bond donors (Lipinski definition) is 0. The molecule has 0 unspecified atom stereocenters. The van der Waals surface area contributed by atoms with Crippen LogP contribution in [-0.4, -0.2) is 68.6 Å². The van der Waals surface area contributed by atoms with Gasteiger partial charge in [-0.1, -0.05) is 6.92 Å². The summed E-state index contributed by atoms with van der Waals surface area (Å²) >= 11 is 0. The maximum absolute atomic E-state index is 13.1. The van der Waals surface area contributed by atoms with Gasteiger partial charge in [-0.25, -0.2) is 0 Å². The third kappa shape index (κ3) is 4.03. The molecule has 2 fully saturated rings. The van der Waals surface area contributed by atoms with Crippen molar-refractivity contribution in [1.29, 1.82) is 5.26 Å². The van der Waals surface area contributed by atoms with Crippen molar-refractivity contribution in [3.05, 3.63) is 0 Å². The van der Waals surface area contributed by atoms with Gasteiger partial charge in [-0.2, -0.15) is 22.3 Å². The molecule has 1 saturated heterocycles. The maximum Gasteiger partial charge on any atom is 0.282 e. The van der Waals surface area contributed by atoms with E-state index in [2.05, 4.69) is 6.07 Å². The van der Waals surface area contributed by atoms with Gasteiger partial charge in [0.05, 0.1) is 36.8 Å². The molecule has 7 nitrogen and oxygen atoms in total.